The molecule has 25 heavy (non-hydrogen) atoms. The van der Waals surface area contributed by atoms with Crippen molar-refractivity contribution in [2.24, 2.45) is 5.92 Å². The van der Waals surface area contributed by atoms with Gasteiger partial charge in [0.15, 0.2) is 5.82 Å². The van der Waals surface area contributed by atoms with E-state index in [0.29, 0.717) is 31.7 Å². The standard InChI is InChI=1S/C16H20FN3O4S/c1-16(17,25(21,22)13-3-4-15(23-2)18-11-13)12-5-8-20(9-6-12)14-7-10-24-19-14/h3-4,7,10-12H,5-6,8-9H2,1-2H3. The lowest BCUT2D eigenvalue weighted by atomic mass is 9.92. The molecule has 1 aliphatic heterocycles. The van der Waals surface area contributed by atoms with Crippen LogP contribution in [0, 0.1) is 5.92 Å². The highest BCUT2D eigenvalue weighted by Gasteiger charge is 2.48. The lowest BCUT2D eigenvalue weighted by molar-refractivity contribution is 0.165. The second kappa shape index (κ2) is 6.62. The molecule has 3 rings (SSSR count). The number of alkyl halides is 1. The summed E-state index contributed by atoms with van der Waals surface area (Å²) in [6.07, 6.45) is 3.42. The van der Waals surface area contributed by atoms with Gasteiger partial charge in [0.25, 0.3) is 0 Å². The third-order valence-electron chi connectivity index (χ3n) is 4.73. The molecule has 1 atom stereocenters. The zero-order valence-corrected chi connectivity index (χ0v) is 14.9. The van der Waals surface area contributed by atoms with E-state index >= 15 is 4.39 Å². The van der Waals surface area contributed by atoms with Gasteiger partial charge in [0.05, 0.1) is 12.0 Å². The van der Waals surface area contributed by atoms with Crippen LogP contribution in [0.1, 0.15) is 19.8 Å². The Morgan fingerprint density at radius 2 is 2.04 bits per heavy atom. The number of rotatable bonds is 5. The molecule has 0 radical (unpaired) electrons. The molecule has 1 unspecified atom stereocenters. The Kier molecular flexibility index (Phi) is 4.68. The third kappa shape index (κ3) is 3.20. The Bertz CT molecular complexity index is 798. The fraction of sp³-hybridized carbons (Fsp3) is 0.500. The summed E-state index contributed by atoms with van der Waals surface area (Å²) in [5, 5.41) is 1.48. The van der Waals surface area contributed by atoms with Crippen LogP contribution in [0.25, 0.3) is 0 Å². The number of sulfone groups is 1. The van der Waals surface area contributed by atoms with Crippen molar-refractivity contribution in [2.75, 3.05) is 25.1 Å². The third-order valence-corrected chi connectivity index (χ3v) is 6.97. The Labute approximate surface area is 145 Å². The minimum Gasteiger partial charge on any atom is -0.481 e. The minimum atomic E-state index is -4.17. The fourth-order valence-electron chi connectivity index (χ4n) is 3.09. The maximum atomic E-state index is 15.4. The molecule has 0 saturated carbocycles. The lowest BCUT2D eigenvalue weighted by Crippen LogP contribution is -2.45. The van der Waals surface area contributed by atoms with Gasteiger partial charge >= 0.3 is 0 Å². The SMILES string of the molecule is COc1ccc(S(=O)(=O)C(C)(F)C2CCN(c3ccon3)CC2)cn1. The van der Waals surface area contributed by atoms with Gasteiger partial charge in [-0.1, -0.05) is 5.16 Å². The highest BCUT2D eigenvalue weighted by molar-refractivity contribution is 7.92. The smallest absolute Gasteiger partial charge is 0.215 e. The molecule has 9 heteroatoms. The summed E-state index contributed by atoms with van der Waals surface area (Å²) in [5.74, 6) is 0.351. The van der Waals surface area contributed by atoms with Gasteiger partial charge < -0.3 is 14.2 Å². The molecule has 136 valence electrons. The highest BCUT2D eigenvalue weighted by atomic mass is 32.2. The van der Waals surface area contributed by atoms with E-state index in [4.69, 9.17) is 9.26 Å². The van der Waals surface area contributed by atoms with Crippen LogP contribution in [0.15, 0.2) is 40.1 Å². The van der Waals surface area contributed by atoms with Crippen LogP contribution < -0.4 is 9.64 Å². The van der Waals surface area contributed by atoms with Crippen molar-refractivity contribution in [1.82, 2.24) is 10.1 Å². The first kappa shape index (κ1) is 17.7. The van der Waals surface area contributed by atoms with Crippen LogP contribution in [-0.4, -0.2) is 43.8 Å². The normalized spacial score (nSPS) is 18.8. The number of anilines is 1. The summed E-state index contributed by atoms with van der Waals surface area (Å²) < 4.78 is 50.7. The molecular formula is C16H20FN3O4S. The van der Waals surface area contributed by atoms with Crippen molar-refractivity contribution in [1.29, 1.82) is 0 Å². The summed E-state index contributed by atoms with van der Waals surface area (Å²) in [4.78, 5) is 5.69. The topological polar surface area (TPSA) is 85.5 Å². The maximum absolute atomic E-state index is 15.4. The summed E-state index contributed by atoms with van der Waals surface area (Å²) in [6, 6.07) is 4.47. The molecule has 7 nitrogen and oxygen atoms in total. The van der Waals surface area contributed by atoms with E-state index < -0.39 is 20.8 Å². The number of ether oxygens (including phenoxy) is 1. The highest BCUT2D eigenvalue weighted by Crippen LogP contribution is 2.39. The van der Waals surface area contributed by atoms with Gasteiger partial charge in [0, 0.05) is 37.3 Å². The van der Waals surface area contributed by atoms with E-state index in [-0.39, 0.29) is 10.8 Å². The molecule has 2 aromatic heterocycles. The first-order valence-corrected chi connectivity index (χ1v) is 9.43. The minimum absolute atomic E-state index is 0.141. The number of pyridine rings is 1. The predicted molar refractivity (Wildman–Crippen MR) is 88.9 cm³/mol. The number of methoxy groups -OCH3 is 1. The van der Waals surface area contributed by atoms with Crippen molar-refractivity contribution in [3.8, 4) is 5.88 Å². The number of hydrogen-bond acceptors (Lipinski definition) is 7. The summed E-state index contributed by atoms with van der Waals surface area (Å²) in [6.45, 7) is 2.18. The van der Waals surface area contributed by atoms with Crippen molar-refractivity contribution in [3.63, 3.8) is 0 Å². The van der Waals surface area contributed by atoms with Gasteiger partial charge in [0.1, 0.15) is 6.26 Å². The molecule has 0 N–H and O–H groups in total. The first-order chi connectivity index (χ1) is 11.9. The molecular weight excluding hydrogens is 349 g/mol. The van der Waals surface area contributed by atoms with Crippen molar-refractivity contribution >= 4 is 15.7 Å². The van der Waals surface area contributed by atoms with Gasteiger partial charge in [-0.05, 0) is 25.8 Å². The molecule has 0 spiro atoms. The Hall–Kier alpha value is -2.16. The molecule has 2 aromatic rings. The van der Waals surface area contributed by atoms with Gasteiger partial charge in [-0.25, -0.2) is 17.8 Å². The van der Waals surface area contributed by atoms with Crippen LogP contribution >= 0.6 is 0 Å². The van der Waals surface area contributed by atoms with Gasteiger partial charge in [-0.15, -0.1) is 0 Å². The molecule has 1 fully saturated rings. The zero-order valence-electron chi connectivity index (χ0n) is 14.1. The Morgan fingerprint density at radius 1 is 1.32 bits per heavy atom. The molecule has 3 heterocycles. The van der Waals surface area contributed by atoms with Gasteiger partial charge in [-0.3, -0.25) is 0 Å². The Morgan fingerprint density at radius 3 is 2.56 bits per heavy atom. The van der Waals surface area contributed by atoms with Gasteiger partial charge in [0.2, 0.25) is 20.7 Å². The average Bonchev–Trinajstić information content (AvgIpc) is 3.16. The molecule has 1 aliphatic rings. The van der Waals surface area contributed by atoms with Crippen LogP contribution in [0.5, 0.6) is 5.88 Å². The number of aromatic nitrogens is 2. The number of nitrogens with zero attached hydrogens (tertiary/aromatic N) is 3. The van der Waals surface area contributed by atoms with Crippen molar-refractivity contribution in [2.45, 2.75) is 29.7 Å². The first-order valence-electron chi connectivity index (χ1n) is 7.95. The lowest BCUT2D eigenvalue weighted by Gasteiger charge is -2.37. The second-order valence-corrected chi connectivity index (χ2v) is 8.42. The maximum Gasteiger partial charge on any atom is 0.215 e. The van der Waals surface area contributed by atoms with E-state index in [1.54, 1.807) is 6.07 Å². The number of hydrogen-bond donors (Lipinski definition) is 0. The van der Waals surface area contributed by atoms with Crippen LogP contribution in [-0.2, 0) is 9.84 Å². The Balaban J connectivity index is 1.76. The number of piperidine rings is 1. The van der Waals surface area contributed by atoms with E-state index in [1.807, 2.05) is 4.90 Å². The van der Waals surface area contributed by atoms with E-state index in [2.05, 4.69) is 10.1 Å². The van der Waals surface area contributed by atoms with Gasteiger partial charge in [-0.2, -0.15) is 0 Å². The average molecular weight is 369 g/mol. The second-order valence-electron chi connectivity index (χ2n) is 6.14. The molecule has 0 amide bonds. The summed E-state index contributed by atoms with van der Waals surface area (Å²) in [7, 11) is -2.74. The predicted octanol–water partition coefficient (Wildman–Crippen LogP) is 2.45. The molecule has 0 bridgehead atoms. The van der Waals surface area contributed by atoms with E-state index in [9.17, 15) is 8.42 Å². The van der Waals surface area contributed by atoms with Crippen LogP contribution in [0.3, 0.4) is 0 Å². The summed E-state index contributed by atoms with van der Waals surface area (Å²) >= 11 is 0. The van der Waals surface area contributed by atoms with Crippen molar-refractivity contribution in [3.05, 3.63) is 30.7 Å². The molecule has 0 aliphatic carbocycles. The van der Waals surface area contributed by atoms with E-state index in [0.717, 1.165) is 13.1 Å². The molecule has 0 aromatic carbocycles. The summed E-state index contributed by atoms with van der Waals surface area (Å²) in [5.41, 5.74) is 0. The molecule has 1 saturated heterocycles. The monoisotopic (exact) mass is 369 g/mol. The van der Waals surface area contributed by atoms with E-state index in [1.165, 1.54) is 25.5 Å². The fourth-order valence-corrected chi connectivity index (χ4v) is 4.66. The zero-order chi connectivity index (χ0) is 18.1. The number of halogens is 1. The van der Waals surface area contributed by atoms with Crippen LogP contribution in [0.4, 0.5) is 10.2 Å². The van der Waals surface area contributed by atoms with Crippen LogP contribution in [0.2, 0.25) is 0 Å². The quantitative estimate of drug-likeness (QED) is 0.800. The van der Waals surface area contributed by atoms with Crippen molar-refractivity contribution < 1.29 is 22.1 Å². The largest absolute Gasteiger partial charge is 0.481 e.